The Kier molecular flexibility index (Phi) is 4.28. The fraction of sp³-hybridized carbons (Fsp3) is 0.182. The first-order valence-electron chi connectivity index (χ1n) is 4.58. The molecule has 1 aromatic rings. The Hall–Kier alpha value is -2.62. The lowest BCUT2D eigenvalue weighted by Crippen LogP contribution is -1.92. The number of hydrogen-bond donors (Lipinski definition) is 1. The minimum absolute atomic E-state index is 0.327. The van der Waals surface area contributed by atoms with Crippen LogP contribution in [0.5, 0.6) is 0 Å². The summed E-state index contributed by atoms with van der Waals surface area (Å²) in [6.07, 6.45) is 0.462. The second-order valence-corrected chi connectivity index (χ2v) is 2.89. The molecule has 0 atom stereocenters. The van der Waals surface area contributed by atoms with Crippen molar-refractivity contribution in [3.63, 3.8) is 0 Å². The minimum Gasteiger partial charge on any atom is -0.398 e. The molecule has 0 bridgehead atoms. The average Bonchev–Trinajstić information content (AvgIpc) is 2.29. The first kappa shape index (κ1) is 11.5. The zero-order valence-corrected chi connectivity index (χ0v) is 8.51. The van der Waals surface area contributed by atoms with Crippen molar-refractivity contribution in [2.24, 2.45) is 5.11 Å². The molecule has 0 aliphatic rings. The molecule has 0 heterocycles. The summed E-state index contributed by atoms with van der Waals surface area (Å²) >= 11 is 0. The Morgan fingerprint density at radius 3 is 3.00 bits per heavy atom. The molecule has 0 aliphatic carbocycles. The molecule has 0 fully saturated rings. The van der Waals surface area contributed by atoms with E-state index in [4.69, 9.17) is 16.5 Å². The van der Waals surface area contributed by atoms with Crippen LogP contribution in [0.25, 0.3) is 10.4 Å². The third kappa shape index (κ3) is 2.95. The van der Waals surface area contributed by atoms with Crippen molar-refractivity contribution in [3.05, 3.63) is 39.8 Å². The Morgan fingerprint density at radius 1 is 1.50 bits per heavy atom. The number of nitrogens with two attached hydrogens (primary N) is 1. The van der Waals surface area contributed by atoms with Crippen molar-refractivity contribution in [1.29, 1.82) is 5.26 Å². The highest BCUT2D eigenvalue weighted by Crippen LogP contribution is 2.14. The SMILES string of the molecule is N#Cc1c(N)cccc1C#CCCN=[N+]=[N-]. The number of rotatable bonds is 2. The zero-order chi connectivity index (χ0) is 11.8. The second kappa shape index (κ2) is 5.98. The third-order valence-electron chi connectivity index (χ3n) is 1.83. The van der Waals surface area contributed by atoms with E-state index in [9.17, 15) is 0 Å². The molecule has 5 heteroatoms. The van der Waals surface area contributed by atoms with Crippen molar-refractivity contribution in [2.45, 2.75) is 6.42 Å². The molecule has 78 valence electrons. The number of anilines is 1. The highest BCUT2D eigenvalue weighted by atomic mass is 15.1. The van der Waals surface area contributed by atoms with Crippen LogP contribution in [0.4, 0.5) is 5.69 Å². The Bertz CT molecular complexity index is 524. The van der Waals surface area contributed by atoms with Crippen LogP contribution >= 0.6 is 0 Å². The molecule has 0 radical (unpaired) electrons. The number of benzene rings is 1. The predicted molar refractivity (Wildman–Crippen MR) is 61.1 cm³/mol. The predicted octanol–water partition coefficient (Wildman–Crippen LogP) is 2.19. The van der Waals surface area contributed by atoms with E-state index in [0.717, 1.165) is 0 Å². The molecule has 0 amide bonds. The van der Waals surface area contributed by atoms with E-state index < -0.39 is 0 Å². The molecule has 5 nitrogen and oxygen atoms in total. The van der Waals surface area contributed by atoms with Crippen LogP contribution in [0.2, 0.25) is 0 Å². The van der Waals surface area contributed by atoms with Crippen LogP contribution in [-0.4, -0.2) is 6.54 Å². The van der Waals surface area contributed by atoms with Gasteiger partial charge in [-0.2, -0.15) is 5.26 Å². The molecule has 2 N–H and O–H groups in total. The van der Waals surface area contributed by atoms with Gasteiger partial charge in [0.25, 0.3) is 0 Å². The summed E-state index contributed by atoms with van der Waals surface area (Å²) in [5.74, 6) is 5.65. The summed E-state index contributed by atoms with van der Waals surface area (Å²) in [6.45, 7) is 0.327. The van der Waals surface area contributed by atoms with Gasteiger partial charge in [-0.3, -0.25) is 0 Å². The number of hydrogen-bond acceptors (Lipinski definition) is 3. The summed E-state index contributed by atoms with van der Waals surface area (Å²) in [5.41, 5.74) is 15.1. The number of azide groups is 1. The Labute approximate surface area is 93.1 Å². The molecular formula is C11H9N5. The fourth-order valence-electron chi connectivity index (χ4n) is 1.11. The van der Waals surface area contributed by atoms with Gasteiger partial charge in [0, 0.05) is 23.4 Å². The van der Waals surface area contributed by atoms with E-state index in [1.165, 1.54) is 0 Å². The molecule has 0 saturated heterocycles. The highest BCUT2D eigenvalue weighted by molar-refractivity contribution is 5.62. The van der Waals surface area contributed by atoms with E-state index in [2.05, 4.69) is 21.9 Å². The van der Waals surface area contributed by atoms with Gasteiger partial charge in [-0.1, -0.05) is 23.0 Å². The standard InChI is InChI=1S/C11H9N5/c12-8-10-9(5-3-6-11(10)13)4-1-2-7-15-16-14/h3,5-6H,2,7,13H2. The van der Waals surface area contributed by atoms with Crippen molar-refractivity contribution in [2.75, 3.05) is 12.3 Å². The van der Waals surface area contributed by atoms with E-state index in [-0.39, 0.29) is 0 Å². The smallest absolute Gasteiger partial charge is 0.103 e. The van der Waals surface area contributed by atoms with Gasteiger partial charge < -0.3 is 5.73 Å². The Balaban J connectivity index is 2.85. The molecule has 0 aliphatic heterocycles. The molecule has 0 aromatic heterocycles. The molecule has 1 aromatic carbocycles. The maximum absolute atomic E-state index is 8.88. The molecule has 0 unspecified atom stereocenters. The monoisotopic (exact) mass is 211 g/mol. The first-order valence-corrected chi connectivity index (χ1v) is 4.58. The fourth-order valence-corrected chi connectivity index (χ4v) is 1.11. The van der Waals surface area contributed by atoms with Gasteiger partial charge in [-0.15, -0.1) is 0 Å². The van der Waals surface area contributed by atoms with Crippen molar-refractivity contribution >= 4 is 5.69 Å². The topological polar surface area (TPSA) is 98.6 Å². The summed E-state index contributed by atoms with van der Waals surface area (Å²) in [6, 6.07) is 7.14. The van der Waals surface area contributed by atoms with Gasteiger partial charge >= 0.3 is 0 Å². The number of nitriles is 1. The normalized spacial score (nSPS) is 8.19. The average molecular weight is 211 g/mol. The molecule has 16 heavy (non-hydrogen) atoms. The van der Waals surface area contributed by atoms with Crippen LogP contribution in [0.3, 0.4) is 0 Å². The van der Waals surface area contributed by atoms with Gasteiger partial charge in [0.15, 0.2) is 0 Å². The van der Waals surface area contributed by atoms with Crippen molar-refractivity contribution < 1.29 is 0 Å². The molecule has 0 saturated carbocycles. The van der Waals surface area contributed by atoms with E-state index in [1.807, 2.05) is 6.07 Å². The van der Waals surface area contributed by atoms with Gasteiger partial charge in [-0.05, 0) is 17.7 Å². The summed E-state index contributed by atoms with van der Waals surface area (Å²) in [4.78, 5) is 2.61. The van der Waals surface area contributed by atoms with Gasteiger partial charge in [0.1, 0.15) is 6.07 Å². The van der Waals surface area contributed by atoms with E-state index in [1.54, 1.807) is 18.2 Å². The van der Waals surface area contributed by atoms with Crippen LogP contribution < -0.4 is 5.73 Å². The summed E-state index contributed by atoms with van der Waals surface area (Å²) in [7, 11) is 0. The highest BCUT2D eigenvalue weighted by Gasteiger charge is 2.01. The maximum atomic E-state index is 8.88. The van der Waals surface area contributed by atoms with Gasteiger partial charge in [-0.25, -0.2) is 0 Å². The lowest BCUT2D eigenvalue weighted by atomic mass is 10.1. The second-order valence-electron chi connectivity index (χ2n) is 2.89. The van der Waals surface area contributed by atoms with Crippen LogP contribution in [0.1, 0.15) is 17.5 Å². The van der Waals surface area contributed by atoms with Crippen molar-refractivity contribution in [3.8, 4) is 17.9 Å². The number of nitrogen functional groups attached to an aromatic ring is 1. The number of nitrogens with zero attached hydrogens (tertiary/aromatic N) is 4. The van der Waals surface area contributed by atoms with Gasteiger partial charge in [0.2, 0.25) is 0 Å². The quantitative estimate of drug-likeness (QED) is 0.202. The van der Waals surface area contributed by atoms with E-state index in [0.29, 0.717) is 29.8 Å². The van der Waals surface area contributed by atoms with Crippen LogP contribution in [0, 0.1) is 23.2 Å². The van der Waals surface area contributed by atoms with Crippen LogP contribution in [-0.2, 0) is 0 Å². The third-order valence-corrected chi connectivity index (χ3v) is 1.83. The summed E-state index contributed by atoms with van der Waals surface area (Å²) in [5, 5.41) is 12.2. The van der Waals surface area contributed by atoms with Crippen molar-refractivity contribution in [1.82, 2.24) is 0 Å². The first-order chi connectivity index (χ1) is 7.79. The molecular weight excluding hydrogens is 202 g/mol. The summed E-state index contributed by atoms with van der Waals surface area (Å²) < 4.78 is 0. The lowest BCUT2D eigenvalue weighted by molar-refractivity contribution is 1.01. The van der Waals surface area contributed by atoms with Crippen LogP contribution in [0.15, 0.2) is 23.3 Å². The maximum Gasteiger partial charge on any atom is 0.103 e. The lowest BCUT2D eigenvalue weighted by Gasteiger charge is -1.98. The largest absolute Gasteiger partial charge is 0.398 e. The molecule has 0 spiro atoms. The van der Waals surface area contributed by atoms with E-state index >= 15 is 0 Å². The minimum atomic E-state index is 0.327. The van der Waals surface area contributed by atoms with Gasteiger partial charge in [0.05, 0.1) is 11.3 Å². The Morgan fingerprint density at radius 2 is 2.31 bits per heavy atom. The molecule has 1 rings (SSSR count). The zero-order valence-electron chi connectivity index (χ0n) is 8.51.